The van der Waals surface area contributed by atoms with Crippen LogP contribution in [0.1, 0.15) is 49.9 Å². The average Bonchev–Trinajstić information content (AvgIpc) is 3.18. The van der Waals surface area contributed by atoms with Gasteiger partial charge in [0.15, 0.2) is 5.82 Å². The van der Waals surface area contributed by atoms with Crippen LogP contribution in [0.3, 0.4) is 0 Å². The summed E-state index contributed by atoms with van der Waals surface area (Å²) < 4.78 is 67.0. The highest BCUT2D eigenvalue weighted by atomic mass is 32.2. The zero-order valence-electron chi connectivity index (χ0n) is 20.2. The number of amides is 1. The summed E-state index contributed by atoms with van der Waals surface area (Å²) in [7, 11) is -2.21. The maximum Gasteiger partial charge on any atom is 0.471 e. The fourth-order valence-corrected chi connectivity index (χ4v) is 4.77. The molecule has 0 bridgehead atoms. The maximum absolute atomic E-state index is 12.8. The molecule has 0 fully saturated rings. The molecule has 1 heterocycles. The van der Waals surface area contributed by atoms with Crippen LogP contribution in [0.2, 0.25) is 0 Å². The predicted molar refractivity (Wildman–Crippen MR) is 126 cm³/mol. The van der Waals surface area contributed by atoms with Crippen molar-refractivity contribution in [3.05, 3.63) is 47.5 Å². The number of hydrogen-bond acceptors (Lipinski definition) is 6. The Balaban J connectivity index is 2.15. The third-order valence-corrected chi connectivity index (χ3v) is 6.98. The Kier molecular flexibility index (Phi) is 10.7. The largest absolute Gasteiger partial charge is 0.471 e. The first-order valence-electron chi connectivity index (χ1n) is 11.5. The van der Waals surface area contributed by atoms with E-state index in [0.29, 0.717) is 25.8 Å². The number of sulfonamides is 1. The lowest BCUT2D eigenvalue weighted by atomic mass is 10.1. The Morgan fingerprint density at radius 3 is 2.43 bits per heavy atom. The average molecular weight is 519 g/mol. The molecule has 0 aliphatic heterocycles. The van der Waals surface area contributed by atoms with Crippen molar-refractivity contribution in [3.63, 3.8) is 0 Å². The molecule has 1 aromatic carbocycles. The van der Waals surface area contributed by atoms with Crippen molar-refractivity contribution in [2.24, 2.45) is 7.05 Å². The van der Waals surface area contributed by atoms with E-state index in [1.54, 1.807) is 5.32 Å². The molecule has 0 aliphatic carbocycles. The molecule has 196 valence electrons. The summed E-state index contributed by atoms with van der Waals surface area (Å²) in [6.45, 7) is 5.83. The van der Waals surface area contributed by atoms with E-state index in [0.717, 1.165) is 18.7 Å². The topological polar surface area (TPSA) is 109 Å². The standard InChI is InChI=1S/C22H33F3N6O3S/c1-4-31(5-2)14-9-15-35(33,34)29-18(13-12-17-10-7-6-8-11-17)20-27-19(30(3)28-20)16-26-21(32)22(23,24)25/h6-8,10-11,18,29H,4-5,9,12-16H2,1-3H3,(H,26,32)/t18-/m1/s1. The summed E-state index contributed by atoms with van der Waals surface area (Å²) >= 11 is 0. The number of benzene rings is 1. The molecule has 0 spiro atoms. The lowest BCUT2D eigenvalue weighted by Crippen LogP contribution is -2.36. The number of nitrogens with zero attached hydrogens (tertiary/aromatic N) is 4. The molecule has 0 saturated carbocycles. The SMILES string of the molecule is CCN(CC)CCCS(=O)(=O)N[C@H](CCc1ccccc1)c1nc(CNC(=O)C(F)(F)F)n(C)n1. The van der Waals surface area contributed by atoms with Crippen molar-refractivity contribution in [2.45, 2.75) is 51.9 Å². The maximum atomic E-state index is 12.8. The van der Waals surface area contributed by atoms with Crippen molar-refractivity contribution in [3.8, 4) is 0 Å². The highest BCUT2D eigenvalue weighted by Crippen LogP contribution is 2.19. The van der Waals surface area contributed by atoms with Crippen LogP contribution in [-0.2, 0) is 34.8 Å². The van der Waals surface area contributed by atoms with E-state index in [2.05, 4.69) is 19.7 Å². The van der Waals surface area contributed by atoms with Gasteiger partial charge in [0.05, 0.1) is 18.3 Å². The number of carbonyl (C=O) groups excluding carboxylic acids is 1. The molecule has 1 aromatic heterocycles. The second-order valence-electron chi connectivity index (χ2n) is 8.08. The third kappa shape index (κ3) is 9.57. The lowest BCUT2D eigenvalue weighted by molar-refractivity contribution is -0.173. The normalized spacial score (nSPS) is 13.2. The Hall–Kier alpha value is -2.51. The molecular weight excluding hydrogens is 485 g/mol. The fraction of sp³-hybridized carbons (Fsp3) is 0.591. The van der Waals surface area contributed by atoms with Crippen molar-refractivity contribution in [2.75, 3.05) is 25.4 Å². The smallest absolute Gasteiger partial charge is 0.341 e. The molecule has 0 radical (unpaired) electrons. The first kappa shape index (κ1) is 28.7. The molecule has 9 nitrogen and oxygen atoms in total. The molecule has 0 saturated heterocycles. The van der Waals surface area contributed by atoms with Gasteiger partial charge in [0, 0.05) is 7.05 Å². The molecule has 2 N–H and O–H groups in total. The monoisotopic (exact) mass is 518 g/mol. The molecule has 2 aromatic rings. The van der Waals surface area contributed by atoms with Crippen LogP contribution < -0.4 is 10.0 Å². The van der Waals surface area contributed by atoms with E-state index in [9.17, 15) is 26.4 Å². The van der Waals surface area contributed by atoms with E-state index in [4.69, 9.17) is 0 Å². The summed E-state index contributed by atoms with van der Waals surface area (Å²) in [5.74, 6) is -1.96. The van der Waals surface area contributed by atoms with Gasteiger partial charge in [0.1, 0.15) is 5.82 Å². The number of alkyl halides is 3. The number of aromatic nitrogens is 3. The lowest BCUT2D eigenvalue weighted by Gasteiger charge is -2.19. The van der Waals surface area contributed by atoms with Crippen molar-refractivity contribution < 1.29 is 26.4 Å². The number of nitrogens with one attached hydrogen (secondary N) is 2. The number of halogens is 3. The van der Waals surface area contributed by atoms with E-state index in [1.807, 2.05) is 44.2 Å². The van der Waals surface area contributed by atoms with Crippen LogP contribution in [0.25, 0.3) is 0 Å². The summed E-state index contributed by atoms with van der Waals surface area (Å²) in [4.78, 5) is 17.5. The van der Waals surface area contributed by atoms with Crippen LogP contribution in [0, 0.1) is 0 Å². The van der Waals surface area contributed by atoms with Crippen molar-refractivity contribution >= 4 is 15.9 Å². The highest BCUT2D eigenvalue weighted by Gasteiger charge is 2.38. The van der Waals surface area contributed by atoms with Gasteiger partial charge in [0.25, 0.3) is 0 Å². The van der Waals surface area contributed by atoms with Gasteiger partial charge in [-0.3, -0.25) is 9.48 Å². The first-order chi connectivity index (χ1) is 16.4. The summed E-state index contributed by atoms with van der Waals surface area (Å²) in [6.07, 6.45) is -3.68. The van der Waals surface area contributed by atoms with Crippen molar-refractivity contribution in [1.82, 2.24) is 29.7 Å². The van der Waals surface area contributed by atoms with Crippen LogP contribution in [0.15, 0.2) is 30.3 Å². The number of hydrogen-bond donors (Lipinski definition) is 2. The second kappa shape index (κ2) is 13.0. The van der Waals surface area contributed by atoms with Crippen molar-refractivity contribution in [1.29, 1.82) is 0 Å². The minimum Gasteiger partial charge on any atom is -0.341 e. The summed E-state index contributed by atoms with van der Waals surface area (Å²) in [5.41, 5.74) is 0.992. The van der Waals surface area contributed by atoms with E-state index >= 15 is 0 Å². The zero-order valence-corrected chi connectivity index (χ0v) is 21.0. The Bertz CT molecular complexity index is 1040. The van der Waals surface area contributed by atoms with Crippen LogP contribution >= 0.6 is 0 Å². The third-order valence-electron chi connectivity index (χ3n) is 5.51. The number of aryl methyl sites for hydroxylation is 2. The molecule has 1 atom stereocenters. The van der Waals surface area contributed by atoms with Crippen LogP contribution in [0.5, 0.6) is 0 Å². The van der Waals surface area contributed by atoms with Gasteiger partial charge < -0.3 is 10.2 Å². The Morgan fingerprint density at radius 1 is 1.17 bits per heavy atom. The molecule has 0 aliphatic rings. The predicted octanol–water partition coefficient (Wildman–Crippen LogP) is 2.32. The second-order valence-corrected chi connectivity index (χ2v) is 9.96. The van der Waals surface area contributed by atoms with Gasteiger partial charge in [-0.15, -0.1) is 0 Å². The highest BCUT2D eigenvalue weighted by molar-refractivity contribution is 7.89. The molecule has 1 amide bonds. The summed E-state index contributed by atoms with van der Waals surface area (Å²) in [6, 6.07) is 8.68. The van der Waals surface area contributed by atoms with Gasteiger partial charge in [-0.1, -0.05) is 44.2 Å². The van der Waals surface area contributed by atoms with Gasteiger partial charge in [-0.2, -0.15) is 18.3 Å². The molecule has 13 heteroatoms. The van der Waals surface area contributed by atoms with E-state index < -0.39 is 34.7 Å². The van der Waals surface area contributed by atoms with Gasteiger partial charge in [-0.25, -0.2) is 18.1 Å². The Morgan fingerprint density at radius 2 is 1.83 bits per heavy atom. The number of carbonyl (C=O) groups is 1. The molecule has 35 heavy (non-hydrogen) atoms. The van der Waals surface area contributed by atoms with E-state index in [-0.39, 0.29) is 17.4 Å². The van der Waals surface area contributed by atoms with E-state index in [1.165, 1.54) is 11.7 Å². The first-order valence-corrected chi connectivity index (χ1v) is 13.1. The molecular formula is C22H33F3N6O3S. The van der Waals surface area contributed by atoms with Gasteiger partial charge >= 0.3 is 12.1 Å². The molecule has 0 unspecified atom stereocenters. The van der Waals surface area contributed by atoms with Crippen LogP contribution in [0.4, 0.5) is 13.2 Å². The minimum atomic E-state index is -5.01. The minimum absolute atomic E-state index is 0.0723. The number of rotatable bonds is 14. The summed E-state index contributed by atoms with van der Waals surface area (Å²) in [5, 5.41) is 5.98. The Labute approximate surface area is 204 Å². The zero-order chi connectivity index (χ0) is 26.1. The van der Waals surface area contributed by atoms with Crippen LogP contribution in [-0.4, -0.2) is 65.6 Å². The fourth-order valence-electron chi connectivity index (χ4n) is 3.49. The van der Waals surface area contributed by atoms with Gasteiger partial charge in [-0.05, 0) is 44.5 Å². The molecule has 2 rings (SSSR count). The quantitative estimate of drug-likeness (QED) is 0.397. The van der Waals surface area contributed by atoms with Gasteiger partial charge in [0.2, 0.25) is 10.0 Å².